The number of guanidine groups is 2. The van der Waals surface area contributed by atoms with E-state index in [1.54, 1.807) is 13.8 Å². The number of aliphatic hydroxyl groups is 2. The second-order valence-electron chi connectivity index (χ2n) is 18.8. The third kappa shape index (κ3) is 32.7. The number of hydrogen-bond donors (Lipinski definition) is 15. The SMILES string of the molecule is CCCCCCCCCCCCCCCC(=O)NCC(=O)N[C@@H](CO)C(=O)N[C@H](C(=O)N[C@@H](CC(=O)O)C(=O)N[C@@H](CCCN=C(N)N)C(=O)N[C@@H](CC(C)C)C(=O)N[C@@H](CCCN=C(N)N)C(=O)NC)[C@@H](C)O. The molecule has 0 aromatic rings. The van der Waals surface area contributed by atoms with Crippen LogP contribution in [0.1, 0.15) is 156 Å². The van der Waals surface area contributed by atoms with E-state index in [1.807, 2.05) is 0 Å². The number of aliphatic carboxylic acids is 1. The molecular weight excluding hydrogens is 965 g/mol. The zero-order valence-corrected chi connectivity index (χ0v) is 44.3. The van der Waals surface area contributed by atoms with Crippen LogP contribution in [0.4, 0.5) is 0 Å². The molecule has 7 atom stereocenters. The minimum Gasteiger partial charge on any atom is -0.481 e. The van der Waals surface area contributed by atoms with E-state index in [0.717, 1.165) is 32.6 Å². The van der Waals surface area contributed by atoms with Crippen molar-refractivity contribution in [3.63, 3.8) is 0 Å². The van der Waals surface area contributed by atoms with Crippen LogP contribution in [0.3, 0.4) is 0 Å². The predicted octanol–water partition coefficient (Wildman–Crippen LogP) is -1.76. The van der Waals surface area contributed by atoms with Crippen LogP contribution in [0.2, 0.25) is 0 Å². The van der Waals surface area contributed by atoms with Gasteiger partial charge in [-0.2, -0.15) is 0 Å². The average Bonchev–Trinajstić information content (AvgIpc) is 3.33. The Labute approximate surface area is 435 Å². The lowest BCUT2D eigenvalue weighted by Gasteiger charge is -2.28. The summed E-state index contributed by atoms with van der Waals surface area (Å²) in [4.78, 5) is 126. The number of likely N-dealkylation sites (N-methyl/N-ethyl adjacent to an activating group) is 1. The Morgan fingerprint density at radius 3 is 1.39 bits per heavy atom. The molecule has 0 heterocycles. The maximum atomic E-state index is 13.9. The highest BCUT2D eigenvalue weighted by molar-refractivity contribution is 5.98. The van der Waals surface area contributed by atoms with Crippen LogP contribution >= 0.6 is 0 Å². The molecule has 19 N–H and O–H groups in total. The summed E-state index contributed by atoms with van der Waals surface area (Å²) < 4.78 is 0. The Bertz CT molecular complexity index is 1790. The largest absolute Gasteiger partial charge is 0.481 e. The summed E-state index contributed by atoms with van der Waals surface area (Å²) in [6.45, 7) is 5.52. The number of carbonyl (C=O) groups excluding carboxylic acids is 8. The Balaban J connectivity index is 5.81. The van der Waals surface area contributed by atoms with Crippen LogP contribution < -0.4 is 65.5 Å². The van der Waals surface area contributed by atoms with E-state index in [0.29, 0.717) is 12.8 Å². The van der Waals surface area contributed by atoms with Gasteiger partial charge in [-0.15, -0.1) is 0 Å². The quantitative estimate of drug-likeness (QED) is 0.0183. The van der Waals surface area contributed by atoms with Crippen LogP contribution in [0.5, 0.6) is 0 Å². The smallest absolute Gasteiger partial charge is 0.305 e. The lowest BCUT2D eigenvalue weighted by atomic mass is 10.0. The number of nitrogens with one attached hydrogen (secondary N) is 8. The first-order valence-electron chi connectivity index (χ1n) is 26.0. The van der Waals surface area contributed by atoms with Gasteiger partial charge >= 0.3 is 5.97 Å². The second-order valence-corrected chi connectivity index (χ2v) is 18.8. The summed E-state index contributed by atoms with van der Waals surface area (Å²) >= 11 is 0. The molecule has 0 saturated carbocycles. The Kier molecular flexibility index (Phi) is 36.7. The van der Waals surface area contributed by atoms with E-state index in [1.165, 1.54) is 58.4 Å². The molecule has 26 heteroatoms. The fourth-order valence-corrected chi connectivity index (χ4v) is 7.55. The van der Waals surface area contributed by atoms with Gasteiger partial charge in [0.1, 0.15) is 36.3 Å². The number of carboxylic acids is 1. The van der Waals surface area contributed by atoms with Crippen molar-refractivity contribution in [2.75, 3.05) is 33.3 Å². The van der Waals surface area contributed by atoms with Crippen molar-refractivity contribution in [2.24, 2.45) is 38.8 Å². The van der Waals surface area contributed by atoms with Crippen molar-refractivity contribution in [3.05, 3.63) is 0 Å². The molecule has 0 fully saturated rings. The summed E-state index contributed by atoms with van der Waals surface area (Å²) in [6.07, 6.45) is 12.7. The highest BCUT2D eigenvalue weighted by atomic mass is 16.4. The molecule has 74 heavy (non-hydrogen) atoms. The molecule has 8 amide bonds. The molecule has 0 saturated heterocycles. The van der Waals surface area contributed by atoms with Crippen LogP contribution in [-0.2, 0) is 43.2 Å². The number of nitrogens with two attached hydrogens (primary N) is 4. The topological polar surface area (TPSA) is 439 Å². The first-order chi connectivity index (χ1) is 35.1. The van der Waals surface area contributed by atoms with Gasteiger partial charge in [-0.05, 0) is 51.4 Å². The van der Waals surface area contributed by atoms with Gasteiger partial charge in [0.15, 0.2) is 11.9 Å². The van der Waals surface area contributed by atoms with E-state index in [2.05, 4.69) is 59.4 Å². The molecule has 424 valence electrons. The van der Waals surface area contributed by atoms with E-state index in [9.17, 15) is 58.5 Å². The summed E-state index contributed by atoms with van der Waals surface area (Å²) in [5.41, 5.74) is 21.6. The maximum Gasteiger partial charge on any atom is 0.305 e. The molecule has 26 nitrogen and oxygen atoms in total. The van der Waals surface area contributed by atoms with Gasteiger partial charge < -0.3 is 80.8 Å². The number of aliphatic imine (C=N–C) groups is 2. The number of rotatable bonds is 42. The van der Waals surface area contributed by atoms with E-state index in [4.69, 9.17) is 22.9 Å². The molecule has 0 bridgehead atoms. The van der Waals surface area contributed by atoms with Crippen LogP contribution in [0, 0.1) is 5.92 Å². The fourth-order valence-electron chi connectivity index (χ4n) is 7.55. The third-order valence-electron chi connectivity index (χ3n) is 11.6. The van der Waals surface area contributed by atoms with E-state index in [-0.39, 0.29) is 68.9 Å². The number of unbranched alkanes of at least 4 members (excludes halogenated alkanes) is 12. The summed E-state index contributed by atoms with van der Waals surface area (Å²) in [5.74, 6) is -9.16. The van der Waals surface area contributed by atoms with Crippen LogP contribution in [0.25, 0.3) is 0 Å². The summed E-state index contributed by atoms with van der Waals surface area (Å²) in [6, 6.07) is -9.26. The Morgan fingerprint density at radius 1 is 0.514 bits per heavy atom. The van der Waals surface area contributed by atoms with Gasteiger partial charge in [-0.25, -0.2) is 0 Å². The maximum absolute atomic E-state index is 13.9. The highest BCUT2D eigenvalue weighted by Crippen LogP contribution is 2.14. The van der Waals surface area contributed by atoms with Crippen molar-refractivity contribution in [1.29, 1.82) is 0 Å². The lowest BCUT2D eigenvalue weighted by molar-refractivity contribution is -0.142. The predicted molar refractivity (Wildman–Crippen MR) is 279 cm³/mol. The average molecular weight is 1060 g/mol. The van der Waals surface area contributed by atoms with Crippen molar-refractivity contribution in [3.8, 4) is 0 Å². The van der Waals surface area contributed by atoms with Gasteiger partial charge in [0.05, 0.1) is 25.7 Å². The molecule has 0 rings (SSSR count). The monoisotopic (exact) mass is 1050 g/mol. The number of amides is 8. The number of carboxylic acid groups (broad SMARTS) is 1. The molecule has 0 aliphatic heterocycles. The number of aliphatic hydroxyl groups excluding tert-OH is 2. The van der Waals surface area contributed by atoms with Crippen LogP contribution in [-0.4, -0.2) is 156 Å². The number of carbonyl (C=O) groups is 9. The lowest BCUT2D eigenvalue weighted by Crippen LogP contribution is -2.62. The van der Waals surface area contributed by atoms with Gasteiger partial charge in [-0.1, -0.05) is 97.8 Å². The van der Waals surface area contributed by atoms with Gasteiger partial charge in [0.25, 0.3) is 0 Å². The molecule has 0 aromatic carbocycles. The van der Waals surface area contributed by atoms with Gasteiger partial charge in [-0.3, -0.25) is 53.1 Å². The summed E-state index contributed by atoms with van der Waals surface area (Å²) in [5, 5.41) is 49.4. The molecule has 0 aromatic heterocycles. The summed E-state index contributed by atoms with van der Waals surface area (Å²) in [7, 11) is 1.38. The standard InChI is InChI=1S/C48H90N14O12/c1-6-7-8-9-10-11-12-13-14-15-16-17-18-23-37(65)56-28-38(66)57-36(29-63)45(73)62-40(31(4)64)46(74)61-35(27-39(67)68)44(72)59-33(22-20-25-55-48(51)52)42(70)60-34(26-30(2)3)43(71)58-32(41(69)53-5)21-19-24-54-47(49)50/h30-36,40,63-64H,6-29H2,1-5H3,(H,53,69)(H,56,65)(H,57,66)(H,58,71)(H,59,72)(H,60,70)(H,61,74)(H,62,73)(H,67,68)(H4,49,50,54)(H4,51,52,55)/t31-,32+,33+,34+,35+,36+,40+/m1/s1. The van der Waals surface area contributed by atoms with Gasteiger partial charge in [0.2, 0.25) is 47.3 Å². The molecule has 0 radical (unpaired) electrons. The van der Waals surface area contributed by atoms with Crippen molar-refractivity contribution in [2.45, 2.75) is 198 Å². The Hall–Kier alpha value is -6.31. The first-order valence-corrected chi connectivity index (χ1v) is 26.0. The zero-order chi connectivity index (χ0) is 56.0. The molecule has 0 aliphatic carbocycles. The molecule has 0 spiro atoms. The second kappa shape index (κ2) is 40.1. The van der Waals surface area contributed by atoms with Crippen LogP contribution in [0.15, 0.2) is 9.98 Å². The first kappa shape index (κ1) is 67.7. The number of hydrogen-bond acceptors (Lipinski definition) is 13. The normalized spacial score (nSPS) is 13.8. The van der Waals surface area contributed by atoms with Gasteiger partial charge in [0, 0.05) is 26.6 Å². The highest BCUT2D eigenvalue weighted by Gasteiger charge is 2.35. The van der Waals surface area contributed by atoms with E-state index >= 15 is 0 Å². The number of nitrogens with zero attached hydrogens (tertiary/aromatic N) is 2. The zero-order valence-electron chi connectivity index (χ0n) is 44.3. The molecular formula is C48H90N14O12. The third-order valence-corrected chi connectivity index (χ3v) is 11.6. The van der Waals surface area contributed by atoms with E-state index < -0.39 is 109 Å². The van der Waals surface area contributed by atoms with Crippen molar-refractivity contribution < 1.29 is 58.5 Å². The minimum absolute atomic E-state index is 0.0138. The Morgan fingerprint density at radius 2 is 0.946 bits per heavy atom. The minimum atomic E-state index is -1.93. The van der Waals surface area contributed by atoms with Crippen molar-refractivity contribution >= 4 is 65.1 Å². The molecule has 0 aliphatic rings. The van der Waals surface area contributed by atoms with Crippen molar-refractivity contribution in [1.82, 2.24) is 42.5 Å². The fraction of sp³-hybridized carbons (Fsp3) is 0.771. The molecule has 0 unspecified atom stereocenters.